The van der Waals surface area contributed by atoms with E-state index in [1.807, 2.05) is 30.3 Å². The van der Waals surface area contributed by atoms with Crippen LogP contribution in [-0.2, 0) is 16.6 Å². The Morgan fingerprint density at radius 1 is 1.10 bits per heavy atom. The molecule has 2 heterocycles. The van der Waals surface area contributed by atoms with Crippen molar-refractivity contribution in [2.75, 3.05) is 11.8 Å². The van der Waals surface area contributed by atoms with Crippen LogP contribution in [0.15, 0.2) is 59.5 Å². The number of fused-ring (bicyclic) bond motifs is 2. The number of hydrogen-bond acceptors (Lipinski definition) is 5. The molecule has 0 aliphatic heterocycles. The summed E-state index contributed by atoms with van der Waals surface area (Å²) < 4.78 is 35.3. The fraction of sp³-hybridized carbons (Fsp3) is 0.238. The van der Waals surface area contributed by atoms with E-state index in [4.69, 9.17) is 9.72 Å². The van der Waals surface area contributed by atoms with Crippen LogP contribution >= 0.6 is 0 Å². The van der Waals surface area contributed by atoms with Crippen molar-refractivity contribution in [2.45, 2.75) is 31.2 Å². The van der Waals surface area contributed by atoms with Crippen LogP contribution in [0.5, 0.6) is 5.75 Å². The van der Waals surface area contributed by atoms with E-state index in [-0.39, 0.29) is 10.7 Å². The number of aromatic nitrogens is 3. The summed E-state index contributed by atoms with van der Waals surface area (Å²) in [6.07, 6.45) is 1.93. The third kappa shape index (κ3) is 3.75. The van der Waals surface area contributed by atoms with Gasteiger partial charge < -0.3 is 4.74 Å². The van der Waals surface area contributed by atoms with Gasteiger partial charge in [0.05, 0.1) is 22.9 Å². The van der Waals surface area contributed by atoms with E-state index in [1.165, 1.54) is 19.2 Å². The molecule has 150 valence electrons. The highest BCUT2D eigenvalue weighted by atomic mass is 32.2. The molecule has 2 aromatic carbocycles. The van der Waals surface area contributed by atoms with Gasteiger partial charge in [0.25, 0.3) is 10.0 Å². The second kappa shape index (κ2) is 7.71. The summed E-state index contributed by atoms with van der Waals surface area (Å²) in [5.74, 6) is 0.874. The molecule has 0 saturated heterocycles. The first-order valence-electron chi connectivity index (χ1n) is 9.45. The van der Waals surface area contributed by atoms with E-state index in [0.717, 1.165) is 23.7 Å². The number of nitrogens with zero attached hydrogens (tertiary/aromatic N) is 3. The van der Waals surface area contributed by atoms with Gasteiger partial charge in [-0.25, -0.2) is 18.1 Å². The number of para-hydroxylation sites is 1. The molecule has 8 heteroatoms. The van der Waals surface area contributed by atoms with Crippen molar-refractivity contribution < 1.29 is 13.2 Å². The number of nitrogens with one attached hydrogen (secondary N) is 1. The molecule has 0 aliphatic carbocycles. The maximum atomic E-state index is 12.9. The first-order chi connectivity index (χ1) is 14.0. The standard InChI is InChI=1S/C21H22N4O3S/c1-3-4-13-25-21-18(14-15-7-5-6-8-19(15)22-21)20(23-25)24-29(26,27)17-11-9-16(28-2)10-12-17/h5-12,14H,3-4,13H2,1-2H3,(H,23,24). The zero-order valence-corrected chi connectivity index (χ0v) is 17.1. The molecule has 4 aromatic rings. The summed E-state index contributed by atoms with van der Waals surface area (Å²) >= 11 is 0. The van der Waals surface area contributed by atoms with Gasteiger partial charge in [0, 0.05) is 11.9 Å². The molecule has 0 radical (unpaired) electrons. The zero-order valence-electron chi connectivity index (χ0n) is 16.3. The first-order valence-corrected chi connectivity index (χ1v) is 10.9. The number of hydrogen-bond donors (Lipinski definition) is 1. The predicted molar refractivity (Wildman–Crippen MR) is 114 cm³/mol. The summed E-state index contributed by atoms with van der Waals surface area (Å²) in [6, 6.07) is 15.9. The average molecular weight is 410 g/mol. The normalized spacial score (nSPS) is 11.8. The van der Waals surface area contributed by atoms with Gasteiger partial charge in [0.2, 0.25) is 0 Å². The van der Waals surface area contributed by atoms with Gasteiger partial charge >= 0.3 is 0 Å². The lowest BCUT2D eigenvalue weighted by Gasteiger charge is -2.07. The number of ether oxygens (including phenoxy) is 1. The lowest BCUT2D eigenvalue weighted by atomic mass is 10.2. The number of benzene rings is 2. The van der Waals surface area contributed by atoms with Crippen molar-refractivity contribution in [1.82, 2.24) is 14.8 Å². The molecule has 7 nitrogen and oxygen atoms in total. The third-order valence-corrected chi connectivity index (χ3v) is 6.10. The van der Waals surface area contributed by atoms with Crippen LogP contribution in [0.25, 0.3) is 21.9 Å². The molecule has 0 spiro atoms. The van der Waals surface area contributed by atoms with E-state index in [1.54, 1.807) is 16.8 Å². The Morgan fingerprint density at radius 3 is 2.59 bits per heavy atom. The molecular weight excluding hydrogens is 388 g/mol. The molecule has 29 heavy (non-hydrogen) atoms. The van der Waals surface area contributed by atoms with Gasteiger partial charge in [-0.3, -0.25) is 4.72 Å². The Balaban J connectivity index is 1.80. The minimum Gasteiger partial charge on any atom is -0.497 e. The zero-order chi connectivity index (χ0) is 20.4. The second-order valence-corrected chi connectivity index (χ2v) is 8.44. The van der Waals surface area contributed by atoms with Crippen LogP contribution in [0.1, 0.15) is 19.8 Å². The summed E-state index contributed by atoms with van der Waals surface area (Å²) in [7, 11) is -2.26. The Hall–Kier alpha value is -3.13. The smallest absolute Gasteiger partial charge is 0.263 e. The van der Waals surface area contributed by atoms with Gasteiger partial charge in [0.15, 0.2) is 11.5 Å². The van der Waals surface area contributed by atoms with E-state index < -0.39 is 10.0 Å². The number of methoxy groups -OCH3 is 1. The van der Waals surface area contributed by atoms with Crippen LogP contribution in [0.4, 0.5) is 5.82 Å². The molecule has 0 unspecified atom stereocenters. The largest absolute Gasteiger partial charge is 0.497 e. The number of anilines is 1. The van der Waals surface area contributed by atoms with Crippen LogP contribution in [0.2, 0.25) is 0 Å². The van der Waals surface area contributed by atoms with Crippen molar-refractivity contribution in [3.63, 3.8) is 0 Å². The summed E-state index contributed by atoms with van der Waals surface area (Å²) in [5, 5.41) is 6.14. The summed E-state index contributed by atoms with van der Waals surface area (Å²) in [6.45, 7) is 2.77. The molecule has 0 amide bonds. The van der Waals surface area contributed by atoms with Gasteiger partial charge in [-0.05, 0) is 42.8 Å². The van der Waals surface area contributed by atoms with Crippen molar-refractivity contribution in [2.24, 2.45) is 0 Å². The summed E-state index contributed by atoms with van der Waals surface area (Å²) in [4.78, 5) is 4.87. The Bertz CT molecular complexity index is 1260. The van der Waals surface area contributed by atoms with Crippen LogP contribution < -0.4 is 9.46 Å². The Morgan fingerprint density at radius 2 is 1.86 bits per heavy atom. The number of unbranched alkanes of at least 4 members (excludes halogenated alkanes) is 1. The fourth-order valence-corrected chi connectivity index (χ4v) is 4.20. The van der Waals surface area contributed by atoms with Crippen molar-refractivity contribution >= 4 is 37.8 Å². The Kier molecular flexibility index (Phi) is 5.10. The van der Waals surface area contributed by atoms with E-state index in [9.17, 15) is 8.42 Å². The van der Waals surface area contributed by atoms with Gasteiger partial charge in [0.1, 0.15) is 5.75 Å². The Labute approximate surface area is 169 Å². The number of rotatable bonds is 7. The topological polar surface area (TPSA) is 86.1 Å². The van der Waals surface area contributed by atoms with Crippen molar-refractivity contribution in [3.8, 4) is 5.75 Å². The number of pyridine rings is 1. The minimum atomic E-state index is -3.80. The lowest BCUT2D eigenvalue weighted by molar-refractivity contribution is 0.414. The van der Waals surface area contributed by atoms with Gasteiger partial charge in [-0.15, -0.1) is 0 Å². The van der Waals surface area contributed by atoms with E-state index in [0.29, 0.717) is 23.3 Å². The quantitative estimate of drug-likeness (QED) is 0.494. The highest BCUT2D eigenvalue weighted by Gasteiger charge is 2.20. The molecular formula is C21H22N4O3S. The van der Waals surface area contributed by atoms with Crippen molar-refractivity contribution in [1.29, 1.82) is 0 Å². The van der Waals surface area contributed by atoms with E-state index >= 15 is 0 Å². The van der Waals surface area contributed by atoms with Gasteiger partial charge in [-0.1, -0.05) is 31.5 Å². The third-order valence-electron chi connectivity index (χ3n) is 4.75. The lowest BCUT2D eigenvalue weighted by Crippen LogP contribution is -2.14. The first kappa shape index (κ1) is 19.2. The molecule has 0 fully saturated rings. The minimum absolute atomic E-state index is 0.142. The highest BCUT2D eigenvalue weighted by molar-refractivity contribution is 7.92. The molecule has 0 saturated carbocycles. The second-order valence-electron chi connectivity index (χ2n) is 6.76. The maximum absolute atomic E-state index is 12.9. The summed E-state index contributed by atoms with van der Waals surface area (Å²) in [5.41, 5.74) is 1.52. The highest BCUT2D eigenvalue weighted by Crippen LogP contribution is 2.28. The molecule has 4 rings (SSSR count). The molecule has 1 N–H and O–H groups in total. The number of sulfonamides is 1. The van der Waals surface area contributed by atoms with E-state index in [2.05, 4.69) is 16.7 Å². The van der Waals surface area contributed by atoms with Gasteiger partial charge in [-0.2, -0.15) is 5.10 Å². The maximum Gasteiger partial charge on any atom is 0.263 e. The van der Waals surface area contributed by atoms with Crippen LogP contribution in [0, 0.1) is 0 Å². The average Bonchev–Trinajstić information content (AvgIpc) is 3.06. The van der Waals surface area contributed by atoms with Crippen LogP contribution in [0.3, 0.4) is 0 Å². The molecule has 2 aromatic heterocycles. The molecule has 0 atom stereocenters. The fourth-order valence-electron chi connectivity index (χ4n) is 3.18. The number of aryl methyl sites for hydroxylation is 1. The SMILES string of the molecule is CCCCn1nc(NS(=O)(=O)c2ccc(OC)cc2)c2cc3ccccc3nc21. The molecule has 0 aliphatic rings. The van der Waals surface area contributed by atoms with Crippen LogP contribution in [-0.4, -0.2) is 30.3 Å². The molecule has 0 bridgehead atoms. The monoisotopic (exact) mass is 410 g/mol. The predicted octanol–water partition coefficient (Wildman–Crippen LogP) is 4.19. The van der Waals surface area contributed by atoms with Crippen molar-refractivity contribution in [3.05, 3.63) is 54.6 Å².